The van der Waals surface area contributed by atoms with Gasteiger partial charge in [-0.15, -0.1) is 0 Å². The molecule has 1 aliphatic rings. The van der Waals surface area contributed by atoms with Crippen LogP contribution in [-0.2, 0) is 14.3 Å². The molecular weight excluding hydrogens is 338 g/mol. The number of benzene rings is 2. The summed E-state index contributed by atoms with van der Waals surface area (Å²) >= 11 is 0. The lowest BCUT2D eigenvalue weighted by Gasteiger charge is -2.26. The summed E-state index contributed by atoms with van der Waals surface area (Å²) in [6.07, 6.45) is 5.90. The predicted octanol–water partition coefficient (Wildman–Crippen LogP) is 3.87. The van der Waals surface area contributed by atoms with Gasteiger partial charge in [-0.05, 0) is 36.1 Å². The largest absolute Gasteiger partial charge is 0.452 e. The Hall–Kier alpha value is -3.14. The molecule has 0 saturated heterocycles. The summed E-state index contributed by atoms with van der Waals surface area (Å²) in [4.78, 5) is 25.8. The fourth-order valence-corrected chi connectivity index (χ4v) is 2.92. The molecule has 1 amide bonds. The molecular formula is C23H23NO3. The van der Waals surface area contributed by atoms with Crippen molar-refractivity contribution in [1.82, 2.24) is 4.90 Å². The molecule has 0 bridgehead atoms. The van der Waals surface area contributed by atoms with Crippen molar-refractivity contribution in [3.05, 3.63) is 83.4 Å². The highest BCUT2D eigenvalue weighted by Crippen LogP contribution is 2.21. The first-order valence-electron chi connectivity index (χ1n) is 9.05. The highest BCUT2D eigenvalue weighted by atomic mass is 16.5. The number of ether oxygens (including phenoxy) is 1. The highest BCUT2D eigenvalue weighted by molar-refractivity contribution is 5.89. The number of carbonyl (C=O) groups is 2. The van der Waals surface area contributed by atoms with Crippen molar-refractivity contribution in [3.63, 3.8) is 0 Å². The summed E-state index contributed by atoms with van der Waals surface area (Å²) in [6.45, 7) is 2.95. The number of carbonyl (C=O) groups excluding carboxylic acids is 2. The van der Waals surface area contributed by atoms with Gasteiger partial charge in [0.1, 0.15) is 0 Å². The van der Waals surface area contributed by atoms with Gasteiger partial charge in [-0.2, -0.15) is 0 Å². The Labute approximate surface area is 159 Å². The van der Waals surface area contributed by atoms with Gasteiger partial charge >= 0.3 is 5.97 Å². The minimum absolute atomic E-state index is 0.171. The second-order valence-electron chi connectivity index (χ2n) is 6.54. The maximum absolute atomic E-state index is 12.3. The summed E-state index contributed by atoms with van der Waals surface area (Å²) in [6, 6.07) is 18.0. The monoisotopic (exact) mass is 361 g/mol. The average Bonchev–Trinajstić information content (AvgIpc) is 2.72. The first-order valence-corrected chi connectivity index (χ1v) is 9.05. The third kappa shape index (κ3) is 5.42. The van der Waals surface area contributed by atoms with Gasteiger partial charge < -0.3 is 9.64 Å². The molecule has 0 unspecified atom stereocenters. The van der Waals surface area contributed by atoms with Crippen LogP contribution in [0, 0.1) is 6.92 Å². The van der Waals surface area contributed by atoms with Crippen molar-refractivity contribution in [1.29, 1.82) is 0 Å². The Morgan fingerprint density at radius 3 is 2.48 bits per heavy atom. The highest BCUT2D eigenvalue weighted by Gasteiger charge is 2.18. The number of esters is 1. The van der Waals surface area contributed by atoms with Gasteiger partial charge in [0.15, 0.2) is 6.61 Å². The van der Waals surface area contributed by atoms with Crippen molar-refractivity contribution in [3.8, 4) is 0 Å². The van der Waals surface area contributed by atoms with E-state index in [2.05, 4.69) is 18.2 Å². The van der Waals surface area contributed by atoms with E-state index >= 15 is 0 Å². The molecule has 0 N–H and O–H groups in total. The summed E-state index contributed by atoms with van der Waals surface area (Å²) in [7, 11) is 0. The molecule has 27 heavy (non-hydrogen) atoms. The van der Waals surface area contributed by atoms with Crippen molar-refractivity contribution in [2.45, 2.75) is 13.3 Å². The maximum atomic E-state index is 12.3. The van der Waals surface area contributed by atoms with E-state index in [1.807, 2.05) is 49.4 Å². The molecule has 0 aromatic heterocycles. The number of rotatable bonds is 5. The van der Waals surface area contributed by atoms with E-state index in [0.717, 1.165) is 17.5 Å². The number of hydrogen-bond acceptors (Lipinski definition) is 3. The Bertz CT molecular complexity index is 851. The molecule has 0 spiro atoms. The van der Waals surface area contributed by atoms with Crippen molar-refractivity contribution >= 4 is 23.5 Å². The first kappa shape index (κ1) is 18.6. The number of nitrogens with zero attached hydrogens (tertiary/aromatic N) is 1. The van der Waals surface area contributed by atoms with Gasteiger partial charge in [0.2, 0.25) is 0 Å². The van der Waals surface area contributed by atoms with Crippen LogP contribution < -0.4 is 0 Å². The van der Waals surface area contributed by atoms with Crippen LogP contribution >= 0.6 is 0 Å². The topological polar surface area (TPSA) is 46.6 Å². The van der Waals surface area contributed by atoms with Gasteiger partial charge in [-0.1, -0.05) is 66.2 Å². The Balaban J connectivity index is 1.46. The molecule has 0 aliphatic carbocycles. The lowest BCUT2D eigenvalue weighted by molar-refractivity contribution is -0.147. The zero-order valence-corrected chi connectivity index (χ0v) is 15.4. The zero-order chi connectivity index (χ0) is 19.1. The van der Waals surface area contributed by atoms with Crippen LogP contribution in [0.25, 0.3) is 11.6 Å². The molecule has 2 aromatic carbocycles. The quantitative estimate of drug-likeness (QED) is 0.600. The van der Waals surface area contributed by atoms with E-state index in [1.165, 1.54) is 17.2 Å². The van der Waals surface area contributed by atoms with E-state index in [4.69, 9.17) is 4.74 Å². The summed E-state index contributed by atoms with van der Waals surface area (Å²) in [5.74, 6) is -0.683. The van der Waals surface area contributed by atoms with Crippen LogP contribution in [0.3, 0.4) is 0 Å². The first-order chi connectivity index (χ1) is 13.1. The van der Waals surface area contributed by atoms with Gasteiger partial charge in [-0.3, -0.25) is 4.79 Å². The van der Waals surface area contributed by atoms with Crippen LogP contribution in [0.15, 0.2) is 66.7 Å². The Kier molecular flexibility index (Phi) is 6.21. The molecule has 138 valence electrons. The third-order valence-corrected chi connectivity index (χ3v) is 4.53. The lowest BCUT2D eigenvalue weighted by atomic mass is 10.00. The summed E-state index contributed by atoms with van der Waals surface area (Å²) in [5, 5.41) is 0. The molecule has 0 saturated carbocycles. The number of aryl methyl sites for hydroxylation is 1. The molecule has 1 heterocycles. The van der Waals surface area contributed by atoms with Crippen LogP contribution in [0.2, 0.25) is 0 Å². The molecule has 3 rings (SSSR count). The Morgan fingerprint density at radius 1 is 1.07 bits per heavy atom. The molecule has 1 aliphatic heterocycles. The van der Waals surface area contributed by atoms with Gasteiger partial charge in [-0.25, -0.2) is 4.79 Å². The third-order valence-electron chi connectivity index (χ3n) is 4.53. The van der Waals surface area contributed by atoms with Crippen LogP contribution in [0.4, 0.5) is 0 Å². The fourth-order valence-electron chi connectivity index (χ4n) is 2.92. The lowest BCUT2D eigenvalue weighted by Crippen LogP contribution is -2.37. The van der Waals surface area contributed by atoms with Crippen molar-refractivity contribution in [2.24, 2.45) is 0 Å². The normalized spacial score (nSPS) is 14.1. The van der Waals surface area contributed by atoms with Crippen LogP contribution in [-0.4, -0.2) is 36.5 Å². The smallest absolute Gasteiger partial charge is 0.331 e. The van der Waals surface area contributed by atoms with Gasteiger partial charge in [0.05, 0.1) is 0 Å². The van der Waals surface area contributed by atoms with Gasteiger partial charge in [0.25, 0.3) is 5.91 Å². The van der Waals surface area contributed by atoms with E-state index in [9.17, 15) is 9.59 Å². The predicted molar refractivity (Wildman–Crippen MR) is 107 cm³/mol. The van der Waals surface area contributed by atoms with Gasteiger partial charge in [0, 0.05) is 19.2 Å². The minimum atomic E-state index is -0.513. The molecule has 0 fully saturated rings. The average molecular weight is 361 g/mol. The van der Waals surface area contributed by atoms with E-state index < -0.39 is 5.97 Å². The van der Waals surface area contributed by atoms with E-state index in [-0.39, 0.29) is 12.5 Å². The molecule has 4 nitrogen and oxygen atoms in total. The van der Waals surface area contributed by atoms with Crippen molar-refractivity contribution < 1.29 is 14.3 Å². The zero-order valence-electron chi connectivity index (χ0n) is 15.4. The molecule has 0 atom stereocenters. The second-order valence-corrected chi connectivity index (χ2v) is 6.54. The SMILES string of the molecule is Cc1ccc(/C=C/C(=O)OCC(=O)N2CC=C(c3ccccc3)CC2)cc1. The van der Waals surface area contributed by atoms with Crippen LogP contribution in [0.1, 0.15) is 23.1 Å². The summed E-state index contributed by atoms with van der Waals surface area (Å²) in [5.41, 5.74) is 4.51. The fraction of sp³-hybridized carbons (Fsp3) is 0.217. The summed E-state index contributed by atoms with van der Waals surface area (Å²) < 4.78 is 5.08. The number of amides is 1. The molecule has 0 radical (unpaired) electrons. The number of hydrogen-bond donors (Lipinski definition) is 0. The standard InChI is InChI=1S/C23H23NO3/c1-18-7-9-19(10-8-18)11-12-23(26)27-17-22(25)24-15-13-21(14-16-24)20-5-3-2-4-6-20/h2-13H,14-17H2,1H3/b12-11+. The maximum Gasteiger partial charge on any atom is 0.331 e. The van der Waals surface area contributed by atoms with E-state index in [0.29, 0.717) is 13.1 Å². The minimum Gasteiger partial charge on any atom is -0.452 e. The second kappa shape index (κ2) is 8.99. The molecule has 4 heteroatoms. The van der Waals surface area contributed by atoms with Crippen LogP contribution in [0.5, 0.6) is 0 Å². The van der Waals surface area contributed by atoms with Crippen molar-refractivity contribution in [2.75, 3.05) is 19.7 Å². The Morgan fingerprint density at radius 2 is 1.81 bits per heavy atom. The van der Waals surface area contributed by atoms with E-state index in [1.54, 1.807) is 11.0 Å². The molecule has 2 aromatic rings.